The SMILES string of the molecule is CC1CCc2c(c3cccc(C(=O)O)c3n2Cc2cccc(F)c2)C1. The molecule has 1 unspecified atom stereocenters. The monoisotopic (exact) mass is 337 g/mol. The Labute approximate surface area is 145 Å². The van der Waals surface area contributed by atoms with Crippen molar-refractivity contribution in [1.29, 1.82) is 0 Å². The number of nitrogens with zero attached hydrogens (tertiary/aromatic N) is 1. The molecule has 3 aromatic rings. The first-order valence-electron chi connectivity index (χ1n) is 8.65. The number of rotatable bonds is 3. The van der Waals surface area contributed by atoms with Crippen LogP contribution in [-0.4, -0.2) is 15.6 Å². The summed E-state index contributed by atoms with van der Waals surface area (Å²) in [4.78, 5) is 11.8. The van der Waals surface area contributed by atoms with Crippen molar-refractivity contribution in [3.05, 3.63) is 70.7 Å². The number of hydrogen-bond acceptors (Lipinski definition) is 1. The fraction of sp³-hybridized carbons (Fsp3) is 0.286. The highest BCUT2D eigenvalue weighted by Gasteiger charge is 2.26. The third-order valence-corrected chi connectivity index (χ3v) is 5.19. The quantitative estimate of drug-likeness (QED) is 0.756. The minimum absolute atomic E-state index is 0.269. The summed E-state index contributed by atoms with van der Waals surface area (Å²) in [6, 6.07) is 12.0. The Morgan fingerprint density at radius 3 is 2.84 bits per heavy atom. The second-order valence-corrected chi connectivity index (χ2v) is 7.00. The first-order valence-corrected chi connectivity index (χ1v) is 8.65. The zero-order valence-corrected chi connectivity index (χ0v) is 14.1. The highest BCUT2D eigenvalue weighted by Crippen LogP contribution is 2.36. The summed E-state index contributed by atoms with van der Waals surface area (Å²) in [6.45, 7) is 2.72. The van der Waals surface area contributed by atoms with Gasteiger partial charge in [-0.15, -0.1) is 0 Å². The summed E-state index contributed by atoms with van der Waals surface area (Å²) in [5, 5.41) is 10.7. The summed E-state index contributed by atoms with van der Waals surface area (Å²) in [6.07, 6.45) is 2.99. The lowest BCUT2D eigenvalue weighted by Crippen LogP contribution is -2.14. The lowest BCUT2D eigenvalue weighted by molar-refractivity contribution is 0.0698. The topological polar surface area (TPSA) is 42.2 Å². The van der Waals surface area contributed by atoms with E-state index in [1.165, 1.54) is 23.4 Å². The third-order valence-electron chi connectivity index (χ3n) is 5.19. The van der Waals surface area contributed by atoms with Gasteiger partial charge in [-0.2, -0.15) is 0 Å². The van der Waals surface area contributed by atoms with Crippen LogP contribution in [0.5, 0.6) is 0 Å². The van der Waals surface area contributed by atoms with Crippen molar-refractivity contribution in [3.63, 3.8) is 0 Å². The van der Waals surface area contributed by atoms with Gasteiger partial charge >= 0.3 is 5.97 Å². The Kier molecular flexibility index (Phi) is 3.83. The van der Waals surface area contributed by atoms with Gasteiger partial charge in [-0.1, -0.05) is 31.2 Å². The van der Waals surface area contributed by atoms with Crippen molar-refractivity contribution in [1.82, 2.24) is 4.57 Å². The van der Waals surface area contributed by atoms with Crippen molar-refractivity contribution in [2.45, 2.75) is 32.7 Å². The molecular formula is C21H20FNO2. The molecular weight excluding hydrogens is 317 g/mol. The lowest BCUT2D eigenvalue weighted by Gasteiger charge is -2.21. The molecule has 3 nitrogen and oxygen atoms in total. The van der Waals surface area contributed by atoms with Gasteiger partial charge in [-0.3, -0.25) is 0 Å². The van der Waals surface area contributed by atoms with E-state index in [1.54, 1.807) is 12.1 Å². The highest BCUT2D eigenvalue weighted by molar-refractivity contribution is 6.04. The Balaban J connectivity index is 1.96. The fourth-order valence-electron chi connectivity index (χ4n) is 4.04. The van der Waals surface area contributed by atoms with E-state index >= 15 is 0 Å². The van der Waals surface area contributed by atoms with Gasteiger partial charge in [0.05, 0.1) is 11.1 Å². The van der Waals surface area contributed by atoms with Gasteiger partial charge in [-0.05, 0) is 54.5 Å². The Morgan fingerprint density at radius 1 is 1.28 bits per heavy atom. The van der Waals surface area contributed by atoms with E-state index in [2.05, 4.69) is 11.5 Å². The Hall–Kier alpha value is -2.62. The standard InChI is InChI=1S/C21H20FNO2/c1-13-8-9-19-18(10-13)16-6-3-7-17(21(24)25)20(16)23(19)12-14-4-2-5-15(22)11-14/h2-7,11,13H,8-10,12H2,1H3,(H,24,25). The molecule has 0 fully saturated rings. The van der Waals surface area contributed by atoms with Crippen LogP contribution in [0, 0.1) is 11.7 Å². The number of carboxylic acid groups (broad SMARTS) is 1. The zero-order chi connectivity index (χ0) is 17.6. The number of para-hydroxylation sites is 1. The normalized spacial score (nSPS) is 16.8. The molecule has 1 aliphatic rings. The van der Waals surface area contributed by atoms with Crippen LogP contribution in [-0.2, 0) is 19.4 Å². The number of carboxylic acids is 1. The van der Waals surface area contributed by atoms with Gasteiger partial charge in [0.1, 0.15) is 5.82 Å². The molecule has 0 spiro atoms. The fourth-order valence-corrected chi connectivity index (χ4v) is 4.04. The van der Waals surface area contributed by atoms with Crippen LogP contribution in [0.2, 0.25) is 0 Å². The van der Waals surface area contributed by atoms with Crippen molar-refractivity contribution >= 4 is 16.9 Å². The van der Waals surface area contributed by atoms with Crippen LogP contribution in [0.4, 0.5) is 4.39 Å². The minimum atomic E-state index is -0.922. The van der Waals surface area contributed by atoms with Gasteiger partial charge in [-0.25, -0.2) is 9.18 Å². The number of aromatic nitrogens is 1. The molecule has 0 amide bonds. The smallest absolute Gasteiger partial charge is 0.337 e. The van der Waals surface area contributed by atoms with Gasteiger partial charge < -0.3 is 9.67 Å². The molecule has 1 N–H and O–H groups in total. The molecule has 0 saturated carbocycles. The number of hydrogen-bond donors (Lipinski definition) is 1. The maximum absolute atomic E-state index is 13.6. The van der Waals surface area contributed by atoms with E-state index in [9.17, 15) is 14.3 Å². The van der Waals surface area contributed by atoms with E-state index in [0.29, 0.717) is 18.0 Å². The number of carbonyl (C=O) groups is 1. The highest BCUT2D eigenvalue weighted by atomic mass is 19.1. The average molecular weight is 337 g/mol. The Morgan fingerprint density at radius 2 is 2.08 bits per heavy atom. The molecule has 0 radical (unpaired) electrons. The maximum atomic E-state index is 13.6. The zero-order valence-electron chi connectivity index (χ0n) is 14.1. The van der Waals surface area contributed by atoms with E-state index in [1.807, 2.05) is 18.2 Å². The maximum Gasteiger partial charge on any atom is 0.337 e. The summed E-state index contributed by atoms with van der Waals surface area (Å²) in [5.74, 6) is -0.599. The van der Waals surface area contributed by atoms with Crippen LogP contribution < -0.4 is 0 Å². The Bertz CT molecular complexity index is 973. The molecule has 128 valence electrons. The van der Waals surface area contributed by atoms with Crippen molar-refractivity contribution in [2.75, 3.05) is 0 Å². The van der Waals surface area contributed by atoms with Crippen molar-refractivity contribution < 1.29 is 14.3 Å². The summed E-state index contributed by atoms with van der Waals surface area (Å²) >= 11 is 0. The molecule has 1 aliphatic carbocycles. The summed E-state index contributed by atoms with van der Waals surface area (Å²) in [7, 11) is 0. The first kappa shape index (κ1) is 15.9. The van der Waals surface area contributed by atoms with E-state index < -0.39 is 5.97 Å². The molecule has 0 aliphatic heterocycles. The van der Waals surface area contributed by atoms with Crippen LogP contribution in [0.1, 0.15) is 40.5 Å². The minimum Gasteiger partial charge on any atom is -0.478 e. The largest absolute Gasteiger partial charge is 0.478 e. The molecule has 2 aromatic carbocycles. The van der Waals surface area contributed by atoms with Crippen molar-refractivity contribution in [2.24, 2.45) is 5.92 Å². The third kappa shape index (κ3) is 2.72. The van der Waals surface area contributed by atoms with E-state index in [4.69, 9.17) is 0 Å². The van der Waals surface area contributed by atoms with Crippen LogP contribution in [0.15, 0.2) is 42.5 Å². The number of aromatic carboxylic acids is 1. The number of halogens is 1. The molecule has 0 saturated heterocycles. The summed E-state index contributed by atoms with van der Waals surface area (Å²) < 4.78 is 15.7. The predicted octanol–water partition coefficient (Wildman–Crippen LogP) is 4.65. The molecule has 0 bridgehead atoms. The second-order valence-electron chi connectivity index (χ2n) is 7.00. The van der Waals surface area contributed by atoms with Gasteiger partial charge in [0, 0.05) is 17.6 Å². The van der Waals surface area contributed by atoms with Gasteiger partial charge in [0.15, 0.2) is 0 Å². The van der Waals surface area contributed by atoms with E-state index in [0.717, 1.165) is 35.7 Å². The molecule has 4 rings (SSSR count). The lowest BCUT2D eigenvalue weighted by atomic mass is 9.87. The molecule has 1 aromatic heterocycles. The van der Waals surface area contributed by atoms with E-state index in [-0.39, 0.29) is 5.82 Å². The molecule has 25 heavy (non-hydrogen) atoms. The number of fused-ring (bicyclic) bond motifs is 3. The molecule has 1 atom stereocenters. The average Bonchev–Trinajstić information content (AvgIpc) is 2.88. The molecule has 1 heterocycles. The van der Waals surface area contributed by atoms with Crippen LogP contribution in [0.3, 0.4) is 0 Å². The predicted molar refractivity (Wildman–Crippen MR) is 95.6 cm³/mol. The first-order chi connectivity index (χ1) is 12.0. The molecule has 4 heteroatoms. The van der Waals surface area contributed by atoms with Gasteiger partial charge in [0.25, 0.3) is 0 Å². The van der Waals surface area contributed by atoms with Crippen LogP contribution in [0.25, 0.3) is 10.9 Å². The van der Waals surface area contributed by atoms with Gasteiger partial charge in [0.2, 0.25) is 0 Å². The van der Waals surface area contributed by atoms with Crippen LogP contribution >= 0.6 is 0 Å². The summed E-state index contributed by atoms with van der Waals surface area (Å²) in [5.41, 5.74) is 4.38. The number of benzene rings is 2. The second kappa shape index (κ2) is 6.03. The van der Waals surface area contributed by atoms with Crippen molar-refractivity contribution in [3.8, 4) is 0 Å².